The van der Waals surface area contributed by atoms with Crippen molar-refractivity contribution in [2.24, 2.45) is 0 Å². The van der Waals surface area contributed by atoms with Crippen LogP contribution in [0.2, 0.25) is 0 Å². The molecule has 0 saturated carbocycles. The third kappa shape index (κ3) is 5.56. The molecule has 1 N–H and O–H groups in total. The summed E-state index contributed by atoms with van der Waals surface area (Å²) in [6.45, 7) is 4.93. The summed E-state index contributed by atoms with van der Waals surface area (Å²) in [4.78, 5) is 14.7. The van der Waals surface area contributed by atoms with Crippen LogP contribution in [0, 0.1) is 0 Å². The van der Waals surface area contributed by atoms with Crippen LogP contribution < -0.4 is 10.2 Å². The lowest BCUT2D eigenvalue weighted by molar-refractivity contribution is 0.0953. The summed E-state index contributed by atoms with van der Waals surface area (Å²) in [5, 5.41) is 2.86. The molecule has 7 heteroatoms. The van der Waals surface area contributed by atoms with E-state index in [4.69, 9.17) is 0 Å². The highest BCUT2D eigenvalue weighted by atomic mass is 32.2. The first-order valence-electron chi connectivity index (χ1n) is 9.36. The molecule has 0 aliphatic rings. The molecule has 0 saturated heterocycles. The van der Waals surface area contributed by atoms with Crippen molar-refractivity contribution >= 4 is 21.6 Å². The summed E-state index contributed by atoms with van der Waals surface area (Å²) in [5.41, 5.74) is 1.47. The molecule has 152 valence electrons. The molecular formula is C21H29N3O3S. The summed E-state index contributed by atoms with van der Waals surface area (Å²) in [6.07, 6.45) is 0.783. The van der Waals surface area contributed by atoms with Crippen molar-refractivity contribution in [3.63, 3.8) is 0 Å². The van der Waals surface area contributed by atoms with Crippen molar-refractivity contribution in [1.29, 1.82) is 0 Å². The zero-order valence-corrected chi connectivity index (χ0v) is 17.7. The van der Waals surface area contributed by atoms with E-state index < -0.39 is 10.0 Å². The summed E-state index contributed by atoms with van der Waals surface area (Å²) >= 11 is 0. The topological polar surface area (TPSA) is 69.7 Å². The maximum atomic E-state index is 12.6. The van der Waals surface area contributed by atoms with Gasteiger partial charge in [0.05, 0.1) is 4.90 Å². The number of hydrogen-bond acceptors (Lipinski definition) is 4. The van der Waals surface area contributed by atoms with E-state index in [0.717, 1.165) is 18.7 Å². The maximum absolute atomic E-state index is 12.6. The molecule has 0 heterocycles. The molecule has 2 rings (SSSR count). The zero-order chi connectivity index (χ0) is 20.7. The van der Waals surface area contributed by atoms with Crippen molar-refractivity contribution in [1.82, 2.24) is 9.62 Å². The van der Waals surface area contributed by atoms with E-state index in [0.29, 0.717) is 12.1 Å². The van der Waals surface area contributed by atoms with Gasteiger partial charge in [-0.05, 0) is 50.6 Å². The molecule has 0 aliphatic heterocycles. The van der Waals surface area contributed by atoms with E-state index in [2.05, 4.69) is 10.2 Å². The first-order chi connectivity index (χ1) is 13.2. The predicted molar refractivity (Wildman–Crippen MR) is 113 cm³/mol. The van der Waals surface area contributed by atoms with Crippen molar-refractivity contribution < 1.29 is 13.2 Å². The molecule has 0 spiro atoms. The van der Waals surface area contributed by atoms with Crippen molar-refractivity contribution in [3.8, 4) is 0 Å². The van der Waals surface area contributed by atoms with Gasteiger partial charge >= 0.3 is 0 Å². The second-order valence-electron chi connectivity index (χ2n) is 7.01. The Kier molecular flexibility index (Phi) is 7.60. The van der Waals surface area contributed by atoms with Crippen molar-refractivity contribution in [3.05, 3.63) is 60.2 Å². The zero-order valence-electron chi connectivity index (χ0n) is 16.9. The molecule has 0 radical (unpaired) electrons. The Morgan fingerprint density at radius 1 is 1.04 bits per heavy atom. The van der Waals surface area contributed by atoms with Gasteiger partial charge in [0.1, 0.15) is 0 Å². The van der Waals surface area contributed by atoms with Gasteiger partial charge in [-0.25, -0.2) is 8.42 Å². The highest BCUT2D eigenvalue weighted by molar-refractivity contribution is 7.89. The number of carbonyl (C=O) groups is 1. The van der Waals surface area contributed by atoms with E-state index in [1.54, 1.807) is 26.0 Å². The number of benzene rings is 2. The Bertz CT molecular complexity index is 883. The number of anilines is 1. The number of nitrogens with one attached hydrogen (secondary N) is 1. The standard InChI is InChI=1S/C21H29N3O3S/c1-17(2)24(4)28(26,27)20-13-8-10-18(16-20)21(25)22-14-9-15-23(3)19-11-6-5-7-12-19/h5-8,10-13,16-17H,9,14-15H2,1-4H3,(H,22,25). The molecule has 0 unspecified atom stereocenters. The smallest absolute Gasteiger partial charge is 0.251 e. The normalized spacial score (nSPS) is 11.6. The lowest BCUT2D eigenvalue weighted by Gasteiger charge is -2.21. The number of carbonyl (C=O) groups excluding carboxylic acids is 1. The van der Waals surface area contributed by atoms with Gasteiger partial charge in [-0.3, -0.25) is 4.79 Å². The summed E-state index contributed by atoms with van der Waals surface area (Å²) in [5.74, 6) is -0.272. The van der Waals surface area contributed by atoms with Gasteiger partial charge in [-0.15, -0.1) is 0 Å². The second kappa shape index (κ2) is 9.71. The predicted octanol–water partition coefficient (Wildman–Crippen LogP) is 2.97. The number of amides is 1. The largest absolute Gasteiger partial charge is 0.375 e. The van der Waals surface area contributed by atoms with Crippen LogP contribution in [0.5, 0.6) is 0 Å². The van der Waals surface area contributed by atoms with E-state index in [9.17, 15) is 13.2 Å². The fraction of sp³-hybridized carbons (Fsp3) is 0.381. The van der Waals surface area contributed by atoms with Gasteiger partial charge < -0.3 is 10.2 Å². The van der Waals surface area contributed by atoms with E-state index in [1.807, 2.05) is 37.4 Å². The second-order valence-corrected chi connectivity index (χ2v) is 9.01. The number of sulfonamides is 1. The number of para-hydroxylation sites is 1. The Morgan fingerprint density at radius 3 is 2.36 bits per heavy atom. The average Bonchev–Trinajstić information content (AvgIpc) is 2.70. The molecule has 6 nitrogen and oxygen atoms in total. The number of nitrogens with zero attached hydrogens (tertiary/aromatic N) is 2. The minimum absolute atomic E-state index is 0.125. The fourth-order valence-electron chi connectivity index (χ4n) is 2.67. The molecule has 0 aliphatic carbocycles. The number of hydrogen-bond donors (Lipinski definition) is 1. The van der Waals surface area contributed by atoms with Crippen LogP contribution in [0.25, 0.3) is 0 Å². The lowest BCUT2D eigenvalue weighted by atomic mass is 10.2. The third-order valence-corrected chi connectivity index (χ3v) is 6.68. The Hall–Kier alpha value is -2.38. The molecule has 28 heavy (non-hydrogen) atoms. The van der Waals surface area contributed by atoms with Gasteiger partial charge in [-0.2, -0.15) is 4.31 Å². The molecule has 2 aromatic rings. The fourth-order valence-corrected chi connectivity index (χ4v) is 4.09. The van der Waals surface area contributed by atoms with E-state index >= 15 is 0 Å². The summed E-state index contributed by atoms with van der Waals surface area (Å²) < 4.78 is 26.5. The Labute approximate surface area is 168 Å². The molecule has 0 bridgehead atoms. The van der Waals surface area contributed by atoms with Gasteiger partial charge in [0.25, 0.3) is 5.91 Å². The monoisotopic (exact) mass is 403 g/mol. The molecular weight excluding hydrogens is 374 g/mol. The highest BCUT2D eigenvalue weighted by Crippen LogP contribution is 2.18. The van der Waals surface area contributed by atoms with Crippen molar-refractivity contribution in [2.45, 2.75) is 31.2 Å². The summed E-state index contributed by atoms with van der Waals surface area (Å²) in [7, 11) is -0.0663. The van der Waals surface area contributed by atoms with Gasteiger partial charge in [-0.1, -0.05) is 24.3 Å². The molecule has 0 aromatic heterocycles. The van der Waals surface area contributed by atoms with E-state index in [1.165, 1.54) is 23.5 Å². The minimum atomic E-state index is -3.61. The average molecular weight is 404 g/mol. The molecule has 0 atom stereocenters. The molecule has 1 amide bonds. The maximum Gasteiger partial charge on any atom is 0.251 e. The van der Waals surface area contributed by atoms with E-state index in [-0.39, 0.29) is 16.8 Å². The van der Waals surface area contributed by atoms with Crippen molar-refractivity contribution in [2.75, 3.05) is 32.1 Å². The molecule has 0 fully saturated rings. The van der Waals surface area contributed by atoms with Crippen LogP contribution in [0.3, 0.4) is 0 Å². The SMILES string of the molecule is CC(C)N(C)S(=O)(=O)c1cccc(C(=O)NCCCN(C)c2ccccc2)c1. The van der Waals surface area contributed by atoms with Crippen LogP contribution >= 0.6 is 0 Å². The van der Waals surface area contributed by atoms with Crippen LogP contribution in [-0.4, -0.2) is 51.9 Å². The highest BCUT2D eigenvalue weighted by Gasteiger charge is 2.23. The van der Waals surface area contributed by atoms with Crippen LogP contribution in [0.1, 0.15) is 30.6 Å². The quantitative estimate of drug-likeness (QED) is 0.654. The Morgan fingerprint density at radius 2 is 1.71 bits per heavy atom. The molecule has 2 aromatic carbocycles. The van der Waals surface area contributed by atoms with Crippen LogP contribution in [0.4, 0.5) is 5.69 Å². The van der Waals surface area contributed by atoms with Gasteiger partial charge in [0.2, 0.25) is 10.0 Å². The first kappa shape index (κ1) is 21.9. The minimum Gasteiger partial charge on any atom is -0.375 e. The van der Waals surface area contributed by atoms with Crippen LogP contribution in [-0.2, 0) is 10.0 Å². The summed E-state index contributed by atoms with van der Waals surface area (Å²) in [6, 6.07) is 16.0. The number of rotatable bonds is 9. The lowest BCUT2D eigenvalue weighted by Crippen LogP contribution is -2.33. The third-order valence-electron chi connectivity index (χ3n) is 4.65. The first-order valence-corrected chi connectivity index (χ1v) is 10.8. The van der Waals surface area contributed by atoms with Crippen LogP contribution in [0.15, 0.2) is 59.5 Å². The van der Waals surface area contributed by atoms with Gasteiger partial charge in [0.15, 0.2) is 0 Å². The van der Waals surface area contributed by atoms with Gasteiger partial charge in [0, 0.05) is 44.5 Å². The Balaban J connectivity index is 1.93.